The van der Waals surface area contributed by atoms with Crippen molar-refractivity contribution in [1.29, 1.82) is 0 Å². The smallest absolute Gasteiger partial charge is 0.184 e. The van der Waals surface area contributed by atoms with E-state index in [0.717, 1.165) is 18.7 Å². The maximum absolute atomic E-state index is 5.30. The Kier molecular flexibility index (Phi) is 4.15. The molecule has 0 spiro atoms. The van der Waals surface area contributed by atoms with Crippen LogP contribution in [-0.4, -0.2) is 24.4 Å². The number of hydrazone groups is 1. The van der Waals surface area contributed by atoms with Gasteiger partial charge in [-0.3, -0.25) is 5.43 Å². The number of anilines is 1. The largest absolute Gasteiger partial charge is 0.375 e. The third-order valence-electron chi connectivity index (χ3n) is 3.10. The second-order valence-electron chi connectivity index (χ2n) is 4.47. The number of thiocarbonyl (C=S) groups is 1. The first-order chi connectivity index (χ1) is 8.66. The lowest BCUT2D eigenvalue weighted by Gasteiger charge is -2.18. The van der Waals surface area contributed by atoms with Gasteiger partial charge in [0.25, 0.3) is 0 Å². The Morgan fingerprint density at radius 2 is 2.17 bits per heavy atom. The van der Waals surface area contributed by atoms with E-state index in [0.29, 0.717) is 0 Å². The SMILES string of the molecule is Cc1cc(N2CCCC2)ccc1/C=N/NC(N)=S. The van der Waals surface area contributed by atoms with Crippen molar-refractivity contribution in [2.24, 2.45) is 10.8 Å². The van der Waals surface area contributed by atoms with Gasteiger partial charge < -0.3 is 10.6 Å². The van der Waals surface area contributed by atoms with Gasteiger partial charge in [-0.05, 0) is 55.2 Å². The number of hydrogen-bond acceptors (Lipinski definition) is 3. The van der Waals surface area contributed by atoms with E-state index in [4.69, 9.17) is 5.73 Å². The molecule has 1 aromatic rings. The molecule has 5 heteroatoms. The van der Waals surface area contributed by atoms with Crippen LogP contribution in [0.25, 0.3) is 0 Å². The lowest BCUT2D eigenvalue weighted by atomic mass is 10.1. The van der Waals surface area contributed by atoms with Crippen LogP contribution in [0.4, 0.5) is 5.69 Å². The summed E-state index contributed by atoms with van der Waals surface area (Å²) in [6, 6.07) is 6.42. The van der Waals surface area contributed by atoms with Gasteiger partial charge in [0, 0.05) is 18.8 Å². The van der Waals surface area contributed by atoms with Crippen molar-refractivity contribution in [3.63, 3.8) is 0 Å². The van der Waals surface area contributed by atoms with Crippen LogP contribution in [0.15, 0.2) is 23.3 Å². The lowest BCUT2D eigenvalue weighted by molar-refractivity contribution is 0.949. The first-order valence-corrected chi connectivity index (χ1v) is 6.52. The van der Waals surface area contributed by atoms with Crippen LogP contribution < -0.4 is 16.1 Å². The van der Waals surface area contributed by atoms with Crippen LogP contribution in [0, 0.1) is 6.92 Å². The molecule has 0 aromatic heterocycles. The molecule has 1 aliphatic rings. The zero-order chi connectivity index (χ0) is 13.0. The first-order valence-electron chi connectivity index (χ1n) is 6.11. The second-order valence-corrected chi connectivity index (χ2v) is 4.91. The number of rotatable bonds is 3. The third-order valence-corrected chi connectivity index (χ3v) is 3.19. The Labute approximate surface area is 113 Å². The summed E-state index contributed by atoms with van der Waals surface area (Å²) in [5, 5.41) is 4.15. The van der Waals surface area contributed by atoms with E-state index in [1.165, 1.54) is 24.1 Å². The van der Waals surface area contributed by atoms with Crippen molar-refractivity contribution in [3.05, 3.63) is 29.3 Å². The zero-order valence-corrected chi connectivity index (χ0v) is 11.3. The summed E-state index contributed by atoms with van der Waals surface area (Å²) in [5.41, 5.74) is 11.4. The normalized spacial score (nSPS) is 15.3. The van der Waals surface area contributed by atoms with Crippen molar-refractivity contribution >= 4 is 29.2 Å². The average Bonchev–Trinajstić information content (AvgIpc) is 2.84. The summed E-state index contributed by atoms with van der Waals surface area (Å²) in [6.07, 6.45) is 4.32. The topological polar surface area (TPSA) is 53.6 Å². The van der Waals surface area contributed by atoms with Gasteiger partial charge in [-0.25, -0.2) is 0 Å². The van der Waals surface area contributed by atoms with Gasteiger partial charge in [0.1, 0.15) is 0 Å². The summed E-state index contributed by atoms with van der Waals surface area (Å²) in [4.78, 5) is 2.42. The third kappa shape index (κ3) is 3.20. The Balaban J connectivity index is 2.09. The molecule has 1 saturated heterocycles. The van der Waals surface area contributed by atoms with Crippen molar-refractivity contribution in [1.82, 2.24) is 5.43 Å². The molecule has 1 aliphatic heterocycles. The standard InChI is InChI=1S/C13H18N4S/c1-10-8-12(17-6-2-3-7-17)5-4-11(10)9-15-16-13(14)18/h4-5,8-9H,2-3,6-7H2,1H3,(H3,14,16,18)/b15-9+. The molecule has 0 radical (unpaired) electrons. The van der Waals surface area contributed by atoms with Crippen molar-refractivity contribution < 1.29 is 0 Å². The minimum atomic E-state index is 0.178. The van der Waals surface area contributed by atoms with Crippen LogP contribution >= 0.6 is 12.2 Å². The molecule has 18 heavy (non-hydrogen) atoms. The molecule has 2 rings (SSSR count). The highest BCUT2D eigenvalue weighted by Crippen LogP contribution is 2.22. The Hall–Kier alpha value is -1.62. The van der Waals surface area contributed by atoms with Crippen LogP contribution in [0.1, 0.15) is 24.0 Å². The molecular formula is C13H18N4S. The maximum Gasteiger partial charge on any atom is 0.184 e. The molecule has 96 valence electrons. The summed E-state index contributed by atoms with van der Waals surface area (Å²) in [5.74, 6) is 0. The van der Waals surface area contributed by atoms with Crippen LogP contribution in [-0.2, 0) is 0 Å². The lowest BCUT2D eigenvalue weighted by Crippen LogP contribution is -2.24. The molecule has 4 nitrogen and oxygen atoms in total. The van der Waals surface area contributed by atoms with Crippen LogP contribution in [0.5, 0.6) is 0 Å². The molecule has 1 heterocycles. The molecule has 0 unspecified atom stereocenters. The van der Waals surface area contributed by atoms with E-state index < -0.39 is 0 Å². The van der Waals surface area contributed by atoms with E-state index in [1.54, 1.807) is 6.21 Å². The molecule has 0 saturated carbocycles. The summed E-state index contributed by atoms with van der Waals surface area (Å²) in [7, 11) is 0. The number of aryl methyl sites for hydroxylation is 1. The summed E-state index contributed by atoms with van der Waals surface area (Å²) < 4.78 is 0. The second kappa shape index (κ2) is 5.82. The van der Waals surface area contributed by atoms with E-state index in [1.807, 2.05) is 0 Å². The highest BCUT2D eigenvalue weighted by Gasteiger charge is 2.12. The van der Waals surface area contributed by atoms with Crippen LogP contribution in [0.3, 0.4) is 0 Å². The minimum Gasteiger partial charge on any atom is -0.375 e. The molecule has 1 aromatic carbocycles. The monoisotopic (exact) mass is 262 g/mol. The number of nitrogens with two attached hydrogens (primary N) is 1. The maximum atomic E-state index is 5.30. The van der Waals surface area contributed by atoms with E-state index in [9.17, 15) is 0 Å². The quantitative estimate of drug-likeness (QED) is 0.495. The van der Waals surface area contributed by atoms with Gasteiger partial charge >= 0.3 is 0 Å². The summed E-state index contributed by atoms with van der Waals surface area (Å²) >= 11 is 4.68. The molecule has 0 atom stereocenters. The Morgan fingerprint density at radius 1 is 1.44 bits per heavy atom. The van der Waals surface area contributed by atoms with Crippen molar-refractivity contribution in [2.45, 2.75) is 19.8 Å². The fourth-order valence-electron chi connectivity index (χ4n) is 2.14. The number of hydrogen-bond donors (Lipinski definition) is 2. The highest BCUT2D eigenvalue weighted by atomic mass is 32.1. The van der Waals surface area contributed by atoms with Gasteiger partial charge in [-0.1, -0.05) is 6.07 Å². The van der Waals surface area contributed by atoms with Gasteiger partial charge in [0.15, 0.2) is 5.11 Å². The number of nitrogens with one attached hydrogen (secondary N) is 1. The van der Waals surface area contributed by atoms with Crippen LogP contribution in [0.2, 0.25) is 0 Å². The van der Waals surface area contributed by atoms with Gasteiger partial charge in [-0.2, -0.15) is 5.10 Å². The molecule has 3 N–H and O–H groups in total. The van der Waals surface area contributed by atoms with Crippen molar-refractivity contribution in [2.75, 3.05) is 18.0 Å². The molecule has 0 aliphatic carbocycles. The number of benzene rings is 1. The van der Waals surface area contributed by atoms with Crippen molar-refractivity contribution in [3.8, 4) is 0 Å². The van der Waals surface area contributed by atoms with Gasteiger partial charge in [-0.15, -0.1) is 0 Å². The van der Waals surface area contributed by atoms with E-state index in [2.05, 4.69) is 52.8 Å². The predicted octanol–water partition coefficient (Wildman–Crippen LogP) is 1.76. The Morgan fingerprint density at radius 3 is 2.78 bits per heavy atom. The van der Waals surface area contributed by atoms with E-state index in [-0.39, 0.29) is 5.11 Å². The summed E-state index contributed by atoms with van der Waals surface area (Å²) in [6.45, 7) is 4.41. The number of nitrogens with zero attached hydrogens (tertiary/aromatic N) is 2. The zero-order valence-electron chi connectivity index (χ0n) is 10.5. The predicted molar refractivity (Wildman–Crippen MR) is 80.1 cm³/mol. The van der Waals surface area contributed by atoms with E-state index >= 15 is 0 Å². The fourth-order valence-corrected chi connectivity index (χ4v) is 2.19. The van der Waals surface area contributed by atoms with Gasteiger partial charge in [0.05, 0.1) is 6.21 Å². The fraction of sp³-hybridized carbons (Fsp3) is 0.385. The first kappa shape index (κ1) is 12.8. The molecule has 1 fully saturated rings. The molecule has 0 bridgehead atoms. The minimum absolute atomic E-state index is 0.178. The molecular weight excluding hydrogens is 244 g/mol. The Bertz CT molecular complexity index is 464. The van der Waals surface area contributed by atoms with Gasteiger partial charge in [0.2, 0.25) is 0 Å². The average molecular weight is 262 g/mol. The highest BCUT2D eigenvalue weighted by molar-refractivity contribution is 7.80. The molecule has 0 amide bonds.